The Morgan fingerprint density at radius 3 is 1.81 bits per heavy atom. The lowest BCUT2D eigenvalue weighted by atomic mass is 10.3. The molecule has 0 aliphatic rings. The molecular formula is C11H24O5. The van der Waals surface area contributed by atoms with Crippen molar-refractivity contribution < 1.29 is 24.1 Å². The third-order valence-corrected chi connectivity index (χ3v) is 1.96. The summed E-state index contributed by atoms with van der Waals surface area (Å²) in [6.07, 6.45) is 1.29. The van der Waals surface area contributed by atoms with Crippen molar-refractivity contribution in [1.82, 2.24) is 0 Å². The van der Waals surface area contributed by atoms with Crippen molar-refractivity contribution in [3.8, 4) is 0 Å². The van der Waals surface area contributed by atoms with Crippen LogP contribution in [0.4, 0.5) is 0 Å². The molecule has 0 saturated carbocycles. The van der Waals surface area contributed by atoms with Gasteiger partial charge >= 0.3 is 0 Å². The molecule has 5 heteroatoms. The molecule has 5 nitrogen and oxygen atoms in total. The molecule has 0 saturated heterocycles. The molecule has 0 aliphatic carbocycles. The van der Waals surface area contributed by atoms with Gasteiger partial charge in [0.2, 0.25) is 0 Å². The number of rotatable bonds is 11. The first-order valence-electron chi connectivity index (χ1n) is 5.85. The summed E-state index contributed by atoms with van der Waals surface area (Å²) in [5.74, 6) is -0.961. The highest BCUT2D eigenvalue weighted by atomic mass is 16.9. The SMILES string of the molecule is CCOC(CCCOCO)(OCC)OCC. The third-order valence-electron chi connectivity index (χ3n) is 1.96. The number of ether oxygens (including phenoxy) is 4. The zero-order chi connectivity index (χ0) is 12.3. The lowest BCUT2D eigenvalue weighted by Crippen LogP contribution is -2.39. The summed E-state index contributed by atoms with van der Waals surface area (Å²) in [6, 6.07) is 0. The summed E-state index contributed by atoms with van der Waals surface area (Å²) in [5.41, 5.74) is 0. The Morgan fingerprint density at radius 1 is 0.938 bits per heavy atom. The maximum Gasteiger partial charge on any atom is 0.282 e. The van der Waals surface area contributed by atoms with Crippen molar-refractivity contribution in [2.75, 3.05) is 33.2 Å². The van der Waals surface area contributed by atoms with Gasteiger partial charge in [0.05, 0.1) is 0 Å². The molecule has 0 atom stereocenters. The van der Waals surface area contributed by atoms with E-state index in [0.717, 1.165) is 0 Å². The van der Waals surface area contributed by atoms with Crippen molar-refractivity contribution in [3.05, 3.63) is 0 Å². The Balaban J connectivity index is 4.12. The number of aliphatic hydroxyl groups is 1. The molecule has 98 valence electrons. The van der Waals surface area contributed by atoms with Crippen LogP contribution < -0.4 is 0 Å². The van der Waals surface area contributed by atoms with Crippen LogP contribution in [0, 0.1) is 0 Å². The van der Waals surface area contributed by atoms with E-state index < -0.39 is 5.97 Å². The molecule has 0 rings (SSSR count). The smallest absolute Gasteiger partial charge is 0.282 e. The molecule has 0 aliphatic heterocycles. The van der Waals surface area contributed by atoms with Crippen LogP contribution in [0.2, 0.25) is 0 Å². The van der Waals surface area contributed by atoms with Gasteiger partial charge < -0.3 is 24.1 Å². The van der Waals surface area contributed by atoms with Crippen LogP contribution >= 0.6 is 0 Å². The molecule has 0 bridgehead atoms. The predicted octanol–water partition coefficient (Wildman–Crippen LogP) is 1.50. The molecule has 0 radical (unpaired) electrons. The third kappa shape index (κ3) is 6.40. The van der Waals surface area contributed by atoms with Gasteiger partial charge in [-0.3, -0.25) is 0 Å². The van der Waals surface area contributed by atoms with E-state index in [2.05, 4.69) is 0 Å². The van der Waals surface area contributed by atoms with Crippen molar-refractivity contribution in [2.45, 2.75) is 39.6 Å². The van der Waals surface area contributed by atoms with E-state index in [4.69, 9.17) is 24.1 Å². The predicted molar refractivity (Wildman–Crippen MR) is 59.9 cm³/mol. The summed E-state index contributed by atoms with van der Waals surface area (Å²) in [5, 5.41) is 8.49. The molecule has 0 heterocycles. The highest BCUT2D eigenvalue weighted by Gasteiger charge is 2.31. The zero-order valence-electron chi connectivity index (χ0n) is 10.5. The summed E-state index contributed by atoms with van der Waals surface area (Å²) in [6.45, 7) is 7.49. The minimum atomic E-state index is -0.961. The second-order valence-corrected chi connectivity index (χ2v) is 3.12. The first-order chi connectivity index (χ1) is 7.74. The second kappa shape index (κ2) is 9.99. The van der Waals surface area contributed by atoms with E-state index in [1.165, 1.54) is 0 Å². The Bertz CT molecular complexity index is 134. The van der Waals surface area contributed by atoms with Crippen LogP contribution in [-0.4, -0.2) is 44.3 Å². The highest BCUT2D eigenvalue weighted by Crippen LogP contribution is 2.22. The molecular weight excluding hydrogens is 212 g/mol. The average Bonchev–Trinajstić information content (AvgIpc) is 2.26. The molecule has 0 fully saturated rings. The standard InChI is InChI=1S/C11H24O5/c1-4-14-11(15-5-2,16-6-3)8-7-9-13-10-12/h12H,4-10H2,1-3H3. The van der Waals surface area contributed by atoms with Gasteiger partial charge in [-0.15, -0.1) is 0 Å². The molecule has 0 aromatic carbocycles. The summed E-state index contributed by atoms with van der Waals surface area (Å²) in [4.78, 5) is 0. The second-order valence-electron chi connectivity index (χ2n) is 3.12. The van der Waals surface area contributed by atoms with Gasteiger partial charge in [-0.1, -0.05) is 0 Å². The van der Waals surface area contributed by atoms with Gasteiger partial charge in [0.15, 0.2) is 0 Å². The van der Waals surface area contributed by atoms with Crippen molar-refractivity contribution in [1.29, 1.82) is 0 Å². The molecule has 1 N–H and O–H groups in total. The summed E-state index contributed by atoms with van der Waals surface area (Å²) < 4.78 is 21.4. The zero-order valence-corrected chi connectivity index (χ0v) is 10.5. The Hall–Kier alpha value is -0.200. The topological polar surface area (TPSA) is 57.2 Å². The van der Waals surface area contributed by atoms with Crippen LogP contribution in [0.3, 0.4) is 0 Å². The van der Waals surface area contributed by atoms with E-state index in [1.54, 1.807) is 0 Å². The maximum absolute atomic E-state index is 8.49. The monoisotopic (exact) mass is 236 g/mol. The van der Waals surface area contributed by atoms with Crippen LogP contribution in [0.5, 0.6) is 0 Å². The van der Waals surface area contributed by atoms with E-state index >= 15 is 0 Å². The Morgan fingerprint density at radius 2 is 1.44 bits per heavy atom. The molecule has 16 heavy (non-hydrogen) atoms. The minimum Gasteiger partial charge on any atom is -0.371 e. The van der Waals surface area contributed by atoms with E-state index in [-0.39, 0.29) is 6.79 Å². The van der Waals surface area contributed by atoms with Crippen LogP contribution in [0.15, 0.2) is 0 Å². The van der Waals surface area contributed by atoms with E-state index in [1.807, 2.05) is 20.8 Å². The van der Waals surface area contributed by atoms with Crippen molar-refractivity contribution in [2.24, 2.45) is 0 Å². The van der Waals surface area contributed by atoms with Gasteiger partial charge in [0.25, 0.3) is 5.97 Å². The lowest BCUT2D eigenvalue weighted by Gasteiger charge is -2.32. The van der Waals surface area contributed by atoms with Crippen LogP contribution in [0.1, 0.15) is 33.6 Å². The van der Waals surface area contributed by atoms with Gasteiger partial charge in [-0.05, 0) is 27.2 Å². The van der Waals surface area contributed by atoms with Gasteiger partial charge in [0, 0.05) is 32.8 Å². The lowest BCUT2D eigenvalue weighted by molar-refractivity contribution is -0.380. The highest BCUT2D eigenvalue weighted by molar-refractivity contribution is 4.58. The molecule has 0 amide bonds. The van der Waals surface area contributed by atoms with Gasteiger partial charge in [-0.25, -0.2) is 0 Å². The quantitative estimate of drug-likeness (QED) is 0.435. The fourth-order valence-corrected chi connectivity index (χ4v) is 1.46. The Labute approximate surface area is 97.6 Å². The normalized spacial score (nSPS) is 12.0. The molecule has 0 spiro atoms. The van der Waals surface area contributed by atoms with E-state index in [0.29, 0.717) is 39.3 Å². The largest absolute Gasteiger partial charge is 0.371 e. The first-order valence-corrected chi connectivity index (χ1v) is 5.85. The summed E-state index contributed by atoms with van der Waals surface area (Å²) in [7, 11) is 0. The van der Waals surface area contributed by atoms with Crippen LogP contribution in [-0.2, 0) is 18.9 Å². The molecule has 0 unspecified atom stereocenters. The molecule has 0 aromatic rings. The van der Waals surface area contributed by atoms with Crippen molar-refractivity contribution in [3.63, 3.8) is 0 Å². The Kier molecular flexibility index (Phi) is 9.86. The van der Waals surface area contributed by atoms with Gasteiger partial charge in [-0.2, -0.15) is 0 Å². The number of hydrogen-bond donors (Lipinski definition) is 1. The number of aliphatic hydroxyl groups excluding tert-OH is 1. The number of hydrogen-bond acceptors (Lipinski definition) is 5. The fourth-order valence-electron chi connectivity index (χ4n) is 1.46. The average molecular weight is 236 g/mol. The summed E-state index contributed by atoms with van der Waals surface area (Å²) >= 11 is 0. The fraction of sp³-hybridized carbons (Fsp3) is 1.00. The molecule has 0 aromatic heterocycles. The minimum absolute atomic E-state index is 0.259. The maximum atomic E-state index is 8.49. The van der Waals surface area contributed by atoms with Gasteiger partial charge in [0.1, 0.15) is 6.79 Å². The van der Waals surface area contributed by atoms with Crippen molar-refractivity contribution >= 4 is 0 Å². The van der Waals surface area contributed by atoms with E-state index in [9.17, 15) is 0 Å². The van der Waals surface area contributed by atoms with Crippen LogP contribution in [0.25, 0.3) is 0 Å². The first kappa shape index (κ1) is 15.8.